The number of hydrogen-bond donors (Lipinski definition) is 0. The van der Waals surface area contributed by atoms with Gasteiger partial charge in [0.2, 0.25) is 9.84 Å². The van der Waals surface area contributed by atoms with Gasteiger partial charge in [0.15, 0.2) is 0 Å². The molecule has 0 radical (unpaired) electrons. The zero-order valence-corrected chi connectivity index (χ0v) is 36.5. The van der Waals surface area contributed by atoms with Crippen LogP contribution in [0.4, 0.5) is 17.1 Å². The molecule has 4 fully saturated rings. The normalized spacial score (nSPS) is 22.6. The first-order valence-electron chi connectivity index (χ1n) is 22.5. The lowest BCUT2D eigenvalue weighted by molar-refractivity contribution is -0.0446. The van der Waals surface area contributed by atoms with Crippen molar-refractivity contribution in [1.82, 2.24) is 0 Å². The topological polar surface area (TPSA) is 37.4 Å². The molecule has 9 aromatic rings. The van der Waals surface area contributed by atoms with Crippen LogP contribution in [0.15, 0.2) is 198 Å². The van der Waals surface area contributed by atoms with Gasteiger partial charge in [0.05, 0.1) is 9.79 Å². The highest BCUT2D eigenvalue weighted by molar-refractivity contribution is 7.91. The summed E-state index contributed by atoms with van der Waals surface area (Å²) in [6.45, 7) is 0. The van der Waals surface area contributed by atoms with Gasteiger partial charge < -0.3 is 4.90 Å². The molecule has 63 heavy (non-hydrogen) atoms. The van der Waals surface area contributed by atoms with Gasteiger partial charge in [-0.15, -0.1) is 11.3 Å². The second-order valence-electron chi connectivity index (χ2n) is 18.5. The van der Waals surface area contributed by atoms with E-state index >= 15 is 0 Å². The van der Waals surface area contributed by atoms with Crippen molar-refractivity contribution in [2.45, 2.75) is 47.3 Å². The molecule has 8 aromatic carbocycles. The fourth-order valence-corrected chi connectivity index (χ4v) is 15.9. The predicted molar refractivity (Wildman–Crippen MR) is 260 cm³/mol. The number of thiophene rings is 1. The highest BCUT2D eigenvalue weighted by Crippen LogP contribution is 2.68. The van der Waals surface area contributed by atoms with Crippen LogP contribution in [0.2, 0.25) is 0 Å². The van der Waals surface area contributed by atoms with E-state index in [9.17, 15) is 8.42 Å². The number of hydrogen-bond acceptors (Lipinski definition) is 4. The molecule has 306 valence electrons. The summed E-state index contributed by atoms with van der Waals surface area (Å²) in [6.07, 6.45) is 6.03. The number of fused-ring (bicyclic) bond motifs is 5. The van der Waals surface area contributed by atoms with Gasteiger partial charge >= 0.3 is 0 Å². The van der Waals surface area contributed by atoms with Crippen molar-refractivity contribution in [2.75, 3.05) is 4.90 Å². The fourth-order valence-electron chi connectivity index (χ4n) is 13.0. The molecule has 2 heterocycles. The van der Waals surface area contributed by atoms with E-state index in [1.165, 1.54) is 69.0 Å². The van der Waals surface area contributed by atoms with Gasteiger partial charge in [-0.25, -0.2) is 8.42 Å². The Labute approximate surface area is 373 Å². The molecule has 1 aliphatic heterocycles. The average molecular weight is 852 g/mol. The Kier molecular flexibility index (Phi) is 8.36. The van der Waals surface area contributed by atoms with Crippen molar-refractivity contribution in [1.29, 1.82) is 0 Å². The first kappa shape index (κ1) is 37.3. The monoisotopic (exact) mass is 851 g/mol. The molecular formula is C58H45NO2S2. The largest absolute Gasteiger partial charge is 0.310 e. The predicted octanol–water partition coefficient (Wildman–Crippen LogP) is 15.4. The van der Waals surface area contributed by atoms with E-state index in [1.807, 2.05) is 29.5 Å². The summed E-state index contributed by atoms with van der Waals surface area (Å²) in [6, 6.07) is 66.8. The molecule has 4 saturated carbocycles. The van der Waals surface area contributed by atoms with Crippen molar-refractivity contribution in [3.05, 3.63) is 199 Å². The van der Waals surface area contributed by atoms with Crippen molar-refractivity contribution in [3.63, 3.8) is 0 Å². The van der Waals surface area contributed by atoms with Gasteiger partial charge in [-0.1, -0.05) is 127 Å². The molecule has 3 nitrogen and oxygen atoms in total. The van der Waals surface area contributed by atoms with E-state index < -0.39 is 9.84 Å². The Morgan fingerprint density at radius 2 is 1.05 bits per heavy atom. The Morgan fingerprint density at radius 1 is 0.444 bits per heavy atom. The van der Waals surface area contributed by atoms with Crippen LogP contribution in [0.3, 0.4) is 0 Å². The van der Waals surface area contributed by atoms with Gasteiger partial charge in [-0.3, -0.25) is 0 Å². The summed E-state index contributed by atoms with van der Waals surface area (Å²) in [5.74, 6) is 2.33. The SMILES string of the molecule is O=S1(=O)c2ccccc2C2(c3cc(N(c4ccc(-c5ccccc5-c5cccc6sc7ccccc7c56)cc4)c4cccc(-c5ccccc5)c4)ccc31)C1CC3CC(C1)CC2C3. The van der Waals surface area contributed by atoms with Crippen molar-refractivity contribution in [2.24, 2.45) is 23.7 Å². The van der Waals surface area contributed by atoms with E-state index in [4.69, 9.17) is 0 Å². The molecule has 0 N–H and O–H groups in total. The number of rotatable bonds is 6. The quantitative estimate of drug-likeness (QED) is 0.167. The summed E-state index contributed by atoms with van der Waals surface area (Å²) in [4.78, 5) is 3.36. The van der Waals surface area contributed by atoms with Crippen LogP contribution in [-0.2, 0) is 15.3 Å². The zero-order valence-electron chi connectivity index (χ0n) is 34.8. The second-order valence-corrected chi connectivity index (χ2v) is 21.4. The number of benzene rings is 8. The van der Waals surface area contributed by atoms with Crippen LogP contribution in [0.1, 0.15) is 43.2 Å². The summed E-state index contributed by atoms with van der Waals surface area (Å²) < 4.78 is 32.1. The van der Waals surface area contributed by atoms with E-state index in [0.29, 0.717) is 21.6 Å². The van der Waals surface area contributed by atoms with Gasteiger partial charge in [0.25, 0.3) is 0 Å². The first-order chi connectivity index (χ1) is 30.9. The molecule has 1 aromatic heterocycles. The van der Waals surface area contributed by atoms with Gasteiger partial charge in [0, 0.05) is 42.6 Å². The summed E-state index contributed by atoms with van der Waals surface area (Å²) >= 11 is 1.85. The number of anilines is 3. The van der Waals surface area contributed by atoms with E-state index in [-0.39, 0.29) is 5.41 Å². The minimum absolute atomic E-state index is 0.331. The Bertz CT molecular complexity index is 3360. The molecule has 0 unspecified atom stereocenters. The van der Waals surface area contributed by atoms with Crippen LogP contribution < -0.4 is 4.90 Å². The molecular weight excluding hydrogens is 807 g/mol. The first-order valence-corrected chi connectivity index (χ1v) is 24.8. The summed E-state index contributed by atoms with van der Waals surface area (Å²) in [7, 11) is -3.73. The van der Waals surface area contributed by atoms with Gasteiger partial charge in [-0.2, -0.15) is 0 Å². The van der Waals surface area contributed by atoms with Crippen LogP contribution in [-0.4, -0.2) is 8.42 Å². The molecule has 4 bridgehead atoms. The van der Waals surface area contributed by atoms with Gasteiger partial charge in [0.1, 0.15) is 0 Å². The highest BCUT2D eigenvalue weighted by Gasteiger charge is 2.62. The van der Waals surface area contributed by atoms with Gasteiger partial charge in [-0.05, 0) is 161 Å². The number of nitrogens with zero attached hydrogens (tertiary/aromatic N) is 1. The molecule has 5 aliphatic rings. The highest BCUT2D eigenvalue weighted by atomic mass is 32.2. The van der Waals surface area contributed by atoms with Crippen molar-refractivity contribution >= 4 is 58.4 Å². The van der Waals surface area contributed by atoms with E-state index in [1.54, 1.807) is 0 Å². The minimum Gasteiger partial charge on any atom is -0.310 e. The Balaban J connectivity index is 0.984. The maximum atomic E-state index is 14.7. The van der Waals surface area contributed by atoms with Crippen LogP contribution in [0.25, 0.3) is 53.6 Å². The lowest BCUT2D eigenvalue weighted by Gasteiger charge is -2.63. The molecule has 14 rings (SSSR count). The number of sulfone groups is 1. The van der Waals surface area contributed by atoms with Crippen LogP contribution >= 0.6 is 11.3 Å². The van der Waals surface area contributed by atoms with E-state index in [2.05, 4.69) is 175 Å². The summed E-state index contributed by atoms with van der Waals surface area (Å²) in [5, 5.41) is 2.60. The maximum Gasteiger partial charge on any atom is 0.207 e. The fraction of sp³-hybridized carbons (Fsp3) is 0.172. The molecule has 5 heteroatoms. The van der Waals surface area contributed by atoms with Crippen molar-refractivity contribution in [3.8, 4) is 33.4 Å². The standard InChI is InChI=1S/C58H45NO2S2/c60-63(61)55-23-9-7-20-51(55)58(42-31-37-30-38(33-42)34-43(58)32-37)52-36-46(28-29-56(52)63)59(45-15-10-14-41(35-45)39-12-2-1-3-13-39)44-26-24-40(25-27-44)47-16-4-5-17-48(47)49-19-11-22-54-57(49)50-18-6-8-21-53(50)62-54/h1-29,35-38,42-43H,30-34H2. The third-order valence-electron chi connectivity index (χ3n) is 15.3. The lowest BCUT2D eigenvalue weighted by atomic mass is 9.42. The third-order valence-corrected chi connectivity index (χ3v) is 18.3. The van der Waals surface area contributed by atoms with Crippen molar-refractivity contribution < 1.29 is 8.42 Å². The Morgan fingerprint density at radius 3 is 1.86 bits per heavy atom. The van der Waals surface area contributed by atoms with E-state index in [0.717, 1.165) is 56.7 Å². The average Bonchev–Trinajstić information content (AvgIpc) is 3.71. The molecule has 1 spiro atoms. The minimum atomic E-state index is -3.73. The molecule has 4 aliphatic carbocycles. The Hall–Kier alpha value is -6.27. The smallest absolute Gasteiger partial charge is 0.207 e. The molecule has 0 atom stereocenters. The molecule has 0 amide bonds. The maximum absolute atomic E-state index is 14.7. The zero-order chi connectivity index (χ0) is 41.9. The molecule has 0 saturated heterocycles. The summed E-state index contributed by atoms with van der Waals surface area (Å²) in [5.41, 5.74) is 11.8. The van der Waals surface area contributed by atoms with Crippen LogP contribution in [0.5, 0.6) is 0 Å². The second kappa shape index (κ2) is 14.1. The third kappa shape index (κ3) is 5.58. The lowest BCUT2D eigenvalue weighted by Crippen LogP contribution is -2.57. The van der Waals surface area contributed by atoms with Crippen LogP contribution in [0, 0.1) is 23.7 Å².